The lowest BCUT2D eigenvalue weighted by molar-refractivity contribution is -0.114. The van der Waals surface area contributed by atoms with Gasteiger partial charge in [0.05, 0.1) is 10.6 Å². The van der Waals surface area contributed by atoms with E-state index >= 15 is 0 Å². The fourth-order valence-electron chi connectivity index (χ4n) is 2.07. The molecular formula is C17H12FN5O3S2. The number of amidine groups is 2. The van der Waals surface area contributed by atoms with Gasteiger partial charge in [0.25, 0.3) is 11.8 Å². The summed E-state index contributed by atoms with van der Waals surface area (Å²) in [5.41, 5.74) is -0.0959. The number of aliphatic imine (C=N–C) groups is 2. The topological polar surface area (TPSA) is 124 Å². The molecule has 1 aliphatic heterocycles. The third-order valence-corrected chi connectivity index (χ3v) is 5.00. The minimum Gasteiger partial charge on any atom is -0.325 e. The van der Waals surface area contributed by atoms with Gasteiger partial charge in [0.15, 0.2) is 16.7 Å². The molecule has 3 amide bonds. The number of rotatable bonds is 4. The first kappa shape index (κ1) is 19.6. The molecule has 0 saturated carbocycles. The Labute approximate surface area is 166 Å². The van der Waals surface area contributed by atoms with E-state index in [1.807, 2.05) is 0 Å². The van der Waals surface area contributed by atoms with Crippen molar-refractivity contribution in [3.05, 3.63) is 52.5 Å². The number of nitrogens with zero attached hydrogens (tertiary/aromatic N) is 2. The highest BCUT2D eigenvalue weighted by molar-refractivity contribution is 8.14. The molecule has 0 atom stereocenters. The van der Waals surface area contributed by atoms with Crippen molar-refractivity contribution in [1.82, 2.24) is 5.32 Å². The number of thioether (sulfide) groups is 1. The number of amides is 3. The Kier molecular flexibility index (Phi) is 6.06. The Morgan fingerprint density at radius 1 is 1.32 bits per heavy atom. The largest absolute Gasteiger partial charge is 0.325 e. The van der Waals surface area contributed by atoms with Crippen molar-refractivity contribution in [2.75, 3.05) is 11.1 Å². The molecule has 8 nitrogen and oxygen atoms in total. The van der Waals surface area contributed by atoms with E-state index < -0.39 is 35.1 Å². The van der Waals surface area contributed by atoms with Crippen LogP contribution in [0.2, 0.25) is 0 Å². The molecule has 0 fully saturated rings. The van der Waals surface area contributed by atoms with Crippen LogP contribution >= 0.6 is 23.1 Å². The third kappa shape index (κ3) is 4.96. The Morgan fingerprint density at radius 2 is 2.14 bits per heavy atom. The van der Waals surface area contributed by atoms with Gasteiger partial charge in [-0.1, -0.05) is 23.9 Å². The molecule has 1 aromatic carbocycles. The molecule has 3 N–H and O–H groups in total. The molecule has 0 spiro atoms. The second kappa shape index (κ2) is 8.67. The summed E-state index contributed by atoms with van der Waals surface area (Å²) in [5, 5.41) is 14.5. The van der Waals surface area contributed by atoms with Gasteiger partial charge in [0.1, 0.15) is 5.82 Å². The van der Waals surface area contributed by atoms with E-state index in [1.165, 1.54) is 35.6 Å². The first-order valence-electron chi connectivity index (χ1n) is 7.76. The molecule has 28 heavy (non-hydrogen) atoms. The van der Waals surface area contributed by atoms with Crippen molar-refractivity contribution in [2.45, 2.75) is 0 Å². The zero-order chi connectivity index (χ0) is 20.1. The highest BCUT2D eigenvalue weighted by atomic mass is 32.2. The fourth-order valence-corrected chi connectivity index (χ4v) is 3.34. The average Bonchev–Trinajstić information content (AvgIpc) is 3.18. The quantitative estimate of drug-likeness (QED) is 0.706. The van der Waals surface area contributed by atoms with Crippen LogP contribution in [0, 0.1) is 11.2 Å². The Hall–Kier alpha value is -3.18. The minimum atomic E-state index is -0.752. The number of carbonyl (C=O) groups is 3. The van der Waals surface area contributed by atoms with Gasteiger partial charge in [0.2, 0.25) is 5.91 Å². The summed E-state index contributed by atoms with van der Waals surface area (Å²) >= 11 is 2.06. The molecule has 0 radical (unpaired) electrons. The number of halogens is 1. The Bertz CT molecular complexity index is 1020. The van der Waals surface area contributed by atoms with Crippen LogP contribution in [0.5, 0.6) is 0 Å². The fraction of sp³-hybridized carbons (Fsp3) is 0.0588. The maximum atomic E-state index is 13.1. The molecule has 3 rings (SSSR count). The number of thiophene rings is 1. The van der Waals surface area contributed by atoms with Crippen molar-refractivity contribution in [1.29, 1.82) is 5.41 Å². The summed E-state index contributed by atoms with van der Waals surface area (Å²) in [7, 11) is 0. The van der Waals surface area contributed by atoms with Gasteiger partial charge in [-0.15, -0.1) is 11.3 Å². The van der Waals surface area contributed by atoms with Crippen LogP contribution in [0.4, 0.5) is 10.1 Å². The van der Waals surface area contributed by atoms with Crippen LogP contribution in [0.3, 0.4) is 0 Å². The second-order valence-corrected chi connectivity index (χ2v) is 7.22. The third-order valence-electron chi connectivity index (χ3n) is 3.27. The van der Waals surface area contributed by atoms with Crippen LogP contribution in [0.15, 0.2) is 51.8 Å². The van der Waals surface area contributed by atoms with Crippen molar-refractivity contribution >= 4 is 63.2 Å². The summed E-state index contributed by atoms with van der Waals surface area (Å²) in [4.78, 5) is 43.9. The second-order valence-electron chi connectivity index (χ2n) is 5.31. The van der Waals surface area contributed by atoms with Crippen molar-refractivity contribution < 1.29 is 18.8 Å². The van der Waals surface area contributed by atoms with Crippen molar-refractivity contribution in [2.24, 2.45) is 9.98 Å². The van der Waals surface area contributed by atoms with E-state index in [-0.39, 0.29) is 10.9 Å². The SMILES string of the molecule is N=C1N=C(SCC(=O)Nc2cccc(F)c2)NC(=O)C1=NC(=O)c1cccs1. The van der Waals surface area contributed by atoms with Gasteiger partial charge in [-0.3, -0.25) is 25.1 Å². The molecule has 2 aromatic rings. The molecule has 0 unspecified atom stereocenters. The van der Waals surface area contributed by atoms with E-state index in [9.17, 15) is 18.8 Å². The molecule has 1 aromatic heterocycles. The van der Waals surface area contributed by atoms with Gasteiger partial charge >= 0.3 is 0 Å². The van der Waals surface area contributed by atoms with E-state index in [2.05, 4.69) is 20.6 Å². The summed E-state index contributed by atoms with van der Waals surface area (Å²) in [5.74, 6) is -2.90. The summed E-state index contributed by atoms with van der Waals surface area (Å²) in [6, 6.07) is 8.66. The van der Waals surface area contributed by atoms with Crippen LogP contribution in [-0.4, -0.2) is 40.2 Å². The van der Waals surface area contributed by atoms with E-state index in [0.29, 0.717) is 10.6 Å². The molecule has 0 bridgehead atoms. The van der Waals surface area contributed by atoms with E-state index in [1.54, 1.807) is 17.5 Å². The van der Waals surface area contributed by atoms with Gasteiger partial charge in [-0.25, -0.2) is 9.38 Å². The van der Waals surface area contributed by atoms with E-state index in [4.69, 9.17) is 5.41 Å². The highest BCUT2D eigenvalue weighted by Gasteiger charge is 2.26. The zero-order valence-corrected chi connectivity index (χ0v) is 15.7. The average molecular weight is 417 g/mol. The van der Waals surface area contributed by atoms with Crippen LogP contribution < -0.4 is 10.6 Å². The lowest BCUT2D eigenvalue weighted by atomic mass is 10.3. The zero-order valence-electron chi connectivity index (χ0n) is 14.1. The number of hydrogen-bond acceptors (Lipinski definition) is 6. The number of carbonyl (C=O) groups excluding carboxylic acids is 3. The Morgan fingerprint density at radius 3 is 2.82 bits per heavy atom. The lowest BCUT2D eigenvalue weighted by Gasteiger charge is -2.14. The molecule has 1 aliphatic rings. The first-order valence-corrected chi connectivity index (χ1v) is 9.62. The predicted octanol–water partition coefficient (Wildman–Crippen LogP) is 2.30. The van der Waals surface area contributed by atoms with Gasteiger partial charge in [0, 0.05) is 5.69 Å². The van der Waals surface area contributed by atoms with Gasteiger partial charge in [-0.05, 0) is 29.6 Å². The summed E-state index contributed by atoms with van der Waals surface area (Å²) < 4.78 is 13.1. The standard InChI is InChI=1S/C17H12FN5O3S2/c18-9-3-1-4-10(7-9)20-12(24)8-28-17-22-14(19)13(16(26)23-17)21-15(25)11-5-2-6-27-11/h1-7H,8H2,(H,20,24)(H2,19,22,23,26). The predicted molar refractivity (Wildman–Crippen MR) is 107 cm³/mol. The molecule has 2 heterocycles. The Balaban J connectivity index is 1.60. The van der Waals surface area contributed by atoms with Crippen LogP contribution in [0.1, 0.15) is 9.67 Å². The van der Waals surface area contributed by atoms with Crippen LogP contribution in [-0.2, 0) is 9.59 Å². The summed E-state index contributed by atoms with van der Waals surface area (Å²) in [6.07, 6.45) is 0. The van der Waals surface area contributed by atoms with Crippen molar-refractivity contribution in [3.63, 3.8) is 0 Å². The maximum absolute atomic E-state index is 13.1. The number of anilines is 1. The summed E-state index contributed by atoms with van der Waals surface area (Å²) in [6.45, 7) is 0. The normalized spacial score (nSPS) is 15.2. The number of nitrogens with one attached hydrogen (secondary N) is 3. The molecule has 0 saturated heterocycles. The number of benzene rings is 1. The van der Waals surface area contributed by atoms with Gasteiger partial charge in [-0.2, -0.15) is 4.99 Å². The first-order chi connectivity index (χ1) is 13.4. The molecule has 142 valence electrons. The van der Waals surface area contributed by atoms with E-state index in [0.717, 1.165) is 11.8 Å². The lowest BCUT2D eigenvalue weighted by Crippen LogP contribution is -2.43. The molecular weight excluding hydrogens is 405 g/mol. The van der Waals surface area contributed by atoms with Crippen molar-refractivity contribution in [3.8, 4) is 0 Å². The smallest absolute Gasteiger partial charge is 0.287 e. The molecule has 11 heteroatoms. The highest BCUT2D eigenvalue weighted by Crippen LogP contribution is 2.13. The van der Waals surface area contributed by atoms with Crippen LogP contribution in [0.25, 0.3) is 0 Å². The molecule has 0 aliphatic carbocycles. The maximum Gasteiger partial charge on any atom is 0.287 e. The number of hydrogen-bond donors (Lipinski definition) is 3. The monoisotopic (exact) mass is 417 g/mol. The minimum absolute atomic E-state index is 0.0342. The van der Waals surface area contributed by atoms with Gasteiger partial charge < -0.3 is 5.32 Å².